The van der Waals surface area contributed by atoms with Gasteiger partial charge in [-0.15, -0.1) is 0 Å². The summed E-state index contributed by atoms with van der Waals surface area (Å²) in [6, 6.07) is 12.4. The Morgan fingerprint density at radius 3 is 2.25 bits per heavy atom. The highest BCUT2D eigenvalue weighted by atomic mass is 16.5. The van der Waals surface area contributed by atoms with Crippen molar-refractivity contribution < 1.29 is 19.6 Å². The number of nitrogens with zero attached hydrogens (tertiary/aromatic N) is 1. The van der Waals surface area contributed by atoms with Crippen LogP contribution >= 0.6 is 0 Å². The van der Waals surface area contributed by atoms with Gasteiger partial charge in [0.15, 0.2) is 0 Å². The molecule has 0 radical (unpaired) electrons. The number of carbonyl (C=O) groups excluding carboxylic acids is 3. The van der Waals surface area contributed by atoms with Crippen molar-refractivity contribution in [2.45, 2.75) is 52.5 Å². The van der Waals surface area contributed by atoms with Crippen molar-refractivity contribution in [1.82, 2.24) is 15.8 Å². The molecule has 3 amide bonds. The average Bonchev–Trinajstić information content (AvgIpc) is 2.77. The second-order valence-corrected chi connectivity index (χ2v) is 8.85. The van der Waals surface area contributed by atoms with Crippen LogP contribution in [-0.2, 0) is 20.8 Å². The van der Waals surface area contributed by atoms with Gasteiger partial charge in [0.2, 0.25) is 17.7 Å². The summed E-state index contributed by atoms with van der Waals surface area (Å²) in [6.07, 6.45) is 4.85. The lowest BCUT2D eigenvalue weighted by Crippen LogP contribution is -2.53. The molecule has 1 aromatic heterocycles. The maximum absolute atomic E-state index is 13.1. The Bertz CT molecular complexity index is 882. The highest BCUT2D eigenvalue weighted by Crippen LogP contribution is 2.23. The summed E-state index contributed by atoms with van der Waals surface area (Å²) in [5.41, 5.74) is 2.74. The first-order chi connectivity index (χ1) is 15.2. The molecule has 0 saturated carbocycles. The first kappa shape index (κ1) is 25.0. The lowest BCUT2D eigenvalue weighted by molar-refractivity contribution is -0.136. The van der Waals surface area contributed by atoms with Crippen LogP contribution in [0, 0.1) is 11.3 Å². The van der Waals surface area contributed by atoms with Crippen LogP contribution in [0.25, 0.3) is 0 Å². The number of anilines is 1. The van der Waals surface area contributed by atoms with Crippen molar-refractivity contribution in [2.75, 3.05) is 5.32 Å². The van der Waals surface area contributed by atoms with Crippen LogP contribution in [0.3, 0.4) is 0 Å². The monoisotopic (exact) mass is 440 g/mol. The van der Waals surface area contributed by atoms with Gasteiger partial charge in [0.25, 0.3) is 0 Å². The molecule has 1 aromatic carbocycles. The van der Waals surface area contributed by atoms with E-state index in [2.05, 4.69) is 15.6 Å². The largest absolute Gasteiger partial charge is 0.344 e. The predicted octanol–water partition coefficient (Wildman–Crippen LogP) is 3.09. The van der Waals surface area contributed by atoms with Crippen LogP contribution in [0.15, 0.2) is 54.9 Å². The van der Waals surface area contributed by atoms with Crippen LogP contribution in [0.1, 0.15) is 45.6 Å². The van der Waals surface area contributed by atoms with Gasteiger partial charge in [-0.25, -0.2) is 5.48 Å². The number of rotatable bonds is 10. The lowest BCUT2D eigenvalue weighted by Gasteiger charge is -2.31. The number of carbonyl (C=O) groups is 3. The van der Waals surface area contributed by atoms with Crippen LogP contribution in [0.4, 0.5) is 5.69 Å². The van der Waals surface area contributed by atoms with E-state index in [4.69, 9.17) is 5.21 Å². The highest BCUT2D eigenvalue weighted by molar-refractivity contribution is 5.98. The number of hydroxylamine groups is 1. The molecule has 0 aliphatic carbocycles. The Kier molecular flexibility index (Phi) is 9.34. The number of amides is 3. The zero-order valence-electron chi connectivity index (χ0n) is 18.8. The standard InChI is InChI=1S/C24H32N4O4/c1-24(2,3)21(23(31)26-19-12-14-25-15-13-19)27-22(30)18(16-20(29)28-32)11-7-10-17-8-5-4-6-9-17/h4-6,8-9,12-15,18,21,32H,7,10-11,16H2,1-3H3,(H,27,30)(H,28,29)(H,25,26,31). The molecule has 8 heteroatoms. The molecular weight excluding hydrogens is 408 g/mol. The molecule has 0 fully saturated rings. The molecule has 0 spiro atoms. The second kappa shape index (κ2) is 12.0. The molecular formula is C24H32N4O4. The minimum absolute atomic E-state index is 0.167. The van der Waals surface area contributed by atoms with Crippen LogP contribution in [0.5, 0.6) is 0 Å². The predicted molar refractivity (Wildman–Crippen MR) is 122 cm³/mol. The van der Waals surface area contributed by atoms with Gasteiger partial charge in [-0.2, -0.15) is 0 Å². The van der Waals surface area contributed by atoms with Crippen LogP contribution in [-0.4, -0.2) is 34.0 Å². The maximum atomic E-state index is 13.1. The van der Waals surface area contributed by atoms with E-state index < -0.39 is 29.2 Å². The first-order valence-electron chi connectivity index (χ1n) is 10.7. The molecule has 2 aromatic rings. The summed E-state index contributed by atoms with van der Waals surface area (Å²) < 4.78 is 0. The smallest absolute Gasteiger partial charge is 0.247 e. The number of nitrogens with one attached hydrogen (secondary N) is 3. The fourth-order valence-electron chi connectivity index (χ4n) is 3.38. The summed E-state index contributed by atoms with van der Waals surface area (Å²) in [6.45, 7) is 5.57. The molecule has 4 N–H and O–H groups in total. The highest BCUT2D eigenvalue weighted by Gasteiger charge is 2.35. The van der Waals surface area contributed by atoms with Crippen LogP contribution < -0.4 is 16.1 Å². The Hall–Kier alpha value is -3.26. The van der Waals surface area contributed by atoms with Gasteiger partial charge in [0.1, 0.15) is 6.04 Å². The fourth-order valence-corrected chi connectivity index (χ4v) is 3.38. The van der Waals surface area contributed by atoms with E-state index in [0.29, 0.717) is 18.5 Å². The van der Waals surface area contributed by atoms with Crippen molar-refractivity contribution in [1.29, 1.82) is 0 Å². The first-order valence-corrected chi connectivity index (χ1v) is 10.7. The number of hydrogen-bond donors (Lipinski definition) is 4. The molecule has 0 bridgehead atoms. The Morgan fingerprint density at radius 2 is 1.66 bits per heavy atom. The molecule has 1 heterocycles. The topological polar surface area (TPSA) is 120 Å². The lowest BCUT2D eigenvalue weighted by atomic mass is 9.85. The number of benzene rings is 1. The van der Waals surface area contributed by atoms with Gasteiger partial charge in [0.05, 0.1) is 0 Å². The van der Waals surface area contributed by atoms with Crippen molar-refractivity contribution in [2.24, 2.45) is 11.3 Å². The zero-order valence-corrected chi connectivity index (χ0v) is 18.8. The normalized spacial score (nSPS) is 13.0. The van der Waals surface area contributed by atoms with E-state index in [0.717, 1.165) is 12.0 Å². The van der Waals surface area contributed by atoms with E-state index >= 15 is 0 Å². The molecule has 2 unspecified atom stereocenters. The van der Waals surface area contributed by atoms with Crippen molar-refractivity contribution in [3.8, 4) is 0 Å². The summed E-state index contributed by atoms with van der Waals surface area (Å²) in [7, 11) is 0. The summed E-state index contributed by atoms with van der Waals surface area (Å²) in [4.78, 5) is 41.7. The molecule has 0 aliphatic rings. The van der Waals surface area contributed by atoms with E-state index in [-0.39, 0.29) is 12.3 Å². The second-order valence-electron chi connectivity index (χ2n) is 8.85. The number of aromatic nitrogens is 1. The minimum Gasteiger partial charge on any atom is -0.344 e. The quantitative estimate of drug-likeness (QED) is 0.334. The van der Waals surface area contributed by atoms with E-state index in [9.17, 15) is 14.4 Å². The number of pyridine rings is 1. The van der Waals surface area contributed by atoms with Crippen molar-refractivity contribution in [3.63, 3.8) is 0 Å². The third-order valence-electron chi connectivity index (χ3n) is 5.15. The molecule has 32 heavy (non-hydrogen) atoms. The van der Waals surface area contributed by atoms with Gasteiger partial charge >= 0.3 is 0 Å². The van der Waals surface area contributed by atoms with Crippen molar-refractivity contribution >= 4 is 23.4 Å². The number of aryl methyl sites for hydroxylation is 1. The third kappa shape index (κ3) is 8.11. The fraction of sp³-hybridized carbons (Fsp3) is 0.417. The molecule has 0 aliphatic heterocycles. The van der Waals surface area contributed by atoms with Gasteiger partial charge in [-0.3, -0.25) is 24.6 Å². The summed E-state index contributed by atoms with van der Waals surface area (Å²) >= 11 is 0. The molecule has 172 valence electrons. The Balaban J connectivity index is 2.08. The number of hydrogen-bond acceptors (Lipinski definition) is 5. The maximum Gasteiger partial charge on any atom is 0.247 e. The minimum atomic E-state index is -0.822. The van der Waals surface area contributed by atoms with Gasteiger partial charge in [0, 0.05) is 30.4 Å². The SMILES string of the molecule is CC(C)(C)C(NC(=O)C(CCCc1ccccc1)CC(=O)NO)C(=O)Nc1ccncc1. The van der Waals surface area contributed by atoms with E-state index in [1.165, 1.54) is 0 Å². The van der Waals surface area contributed by atoms with Crippen molar-refractivity contribution in [3.05, 3.63) is 60.4 Å². The van der Waals surface area contributed by atoms with Gasteiger partial charge in [-0.1, -0.05) is 51.1 Å². The van der Waals surface area contributed by atoms with E-state index in [1.54, 1.807) is 30.0 Å². The average molecular weight is 441 g/mol. The Labute approximate surface area is 188 Å². The van der Waals surface area contributed by atoms with E-state index in [1.807, 2.05) is 51.1 Å². The summed E-state index contributed by atoms with van der Waals surface area (Å²) in [5.74, 6) is -2.07. The van der Waals surface area contributed by atoms with Gasteiger partial charge < -0.3 is 10.6 Å². The molecule has 2 rings (SSSR count). The summed E-state index contributed by atoms with van der Waals surface area (Å²) in [5, 5.41) is 14.6. The molecule has 8 nitrogen and oxygen atoms in total. The zero-order chi connectivity index (χ0) is 23.6. The molecule has 2 atom stereocenters. The Morgan fingerprint density at radius 1 is 1.00 bits per heavy atom. The third-order valence-corrected chi connectivity index (χ3v) is 5.15. The molecule has 0 saturated heterocycles. The van der Waals surface area contributed by atoms with Crippen LogP contribution in [0.2, 0.25) is 0 Å². The van der Waals surface area contributed by atoms with Gasteiger partial charge in [-0.05, 0) is 42.4 Å².